The fraction of sp³-hybridized carbons (Fsp3) is 0.250. The minimum absolute atomic E-state index is 0.0772. The predicted molar refractivity (Wildman–Crippen MR) is 120 cm³/mol. The number of aromatic nitrogens is 2. The average Bonchev–Trinajstić information content (AvgIpc) is 3.32. The van der Waals surface area contributed by atoms with E-state index in [1.807, 2.05) is 0 Å². The normalized spacial score (nSPS) is 16.2. The number of halogens is 5. The summed E-state index contributed by atoms with van der Waals surface area (Å²) in [5, 5.41) is 13.0. The molecule has 1 aliphatic rings. The third kappa shape index (κ3) is 6.19. The molecule has 15 heteroatoms. The van der Waals surface area contributed by atoms with Gasteiger partial charge in [0.05, 0.1) is 36.9 Å². The van der Waals surface area contributed by atoms with Crippen molar-refractivity contribution in [3.8, 4) is 5.75 Å². The number of nitrogens with one attached hydrogen (secondary N) is 1. The SMILES string of the molecule is COC(=O)/C=C1/S/C(=N\N=Cc2ccc(OC)c(Cn3nc(C(F)F)c(Cl)c3C(F)F)c2)NC1=O. The van der Waals surface area contributed by atoms with Crippen LogP contribution in [0.15, 0.2) is 39.4 Å². The third-order valence-corrected chi connectivity index (χ3v) is 5.74. The van der Waals surface area contributed by atoms with Crippen molar-refractivity contribution in [1.29, 1.82) is 0 Å². The van der Waals surface area contributed by atoms with Crippen LogP contribution < -0.4 is 10.1 Å². The molecule has 1 aromatic heterocycles. The molecule has 35 heavy (non-hydrogen) atoms. The van der Waals surface area contributed by atoms with Crippen molar-refractivity contribution in [2.24, 2.45) is 10.2 Å². The van der Waals surface area contributed by atoms with Gasteiger partial charge in [0.25, 0.3) is 18.8 Å². The first-order chi connectivity index (χ1) is 16.6. The maximum Gasteiger partial charge on any atom is 0.331 e. The van der Waals surface area contributed by atoms with Crippen LogP contribution in [-0.4, -0.2) is 47.3 Å². The highest BCUT2D eigenvalue weighted by molar-refractivity contribution is 8.18. The zero-order valence-electron chi connectivity index (χ0n) is 18.0. The van der Waals surface area contributed by atoms with E-state index in [4.69, 9.17) is 16.3 Å². The van der Waals surface area contributed by atoms with Gasteiger partial charge in [-0.2, -0.15) is 10.2 Å². The fourth-order valence-corrected chi connectivity index (χ4v) is 3.93. The molecule has 0 radical (unpaired) electrons. The molecule has 3 rings (SSSR count). The van der Waals surface area contributed by atoms with Crippen molar-refractivity contribution < 1.29 is 36.6 Å². The number of carbonyl (C=O) groups is 2. The molecule has 1 fully saturated rings. The number of hydrogen-bond donors (Lipinski definition) is 1. The number of ether oxygens (including phenoxy) is 2. The smallest absolute Gasteiger partial charge is 0.331 e. The lowest BCUT2D eigenvalue weighted by Crippen LogP contribution is -2.19. The van der Waals surface area contributed by atoms with Gasteiger partial charge < -0.3 is 9.47 Å². The second-order valence-electron chi connectivity index (χ2n) is 6.65. The van der Waals surface area contributed by atoms with Crippen LogP contribution in [0.1, 0.15) is 35.4 Å². The van der Waals surface area contributed by atoms with Crippen molar-refractivity contribution >= 4 is 46.6 Å². The van der Waals surface area contributed by atoms with Crippen LogP contribution in [-0.2, 0) is 20.9 Å². The number of methoxy groups -OCH3 is 2. The summed E-state index contributed by atoms with van der Waals surface area (Å²) in [6, 6.07) is 4.62. The number of benzene rings is 1. The second-order valence-corrected chi connectivity index (χ2v) is 8.06. The molecule has 1 N–H and O–H groups in total. The number of esters is 1. The molecule has 9 nitrogen and oxygen atoms in total. The van der Waals surface area contributed by atoms with E-state index >= 15 is 0 Å². The fourth-order valence-electron chi connectivity index (χ4n) is 2.89. The van der Waals surface area contributed by atoms with Crippen LogP contribution in [0, 0.1) is 0 Å². The van der Waals surface area contributed by atoms with Crippen LogP contribution in [0.5, 0.6) is 5.75 Å². The zero-order valence-corrected chi connectivity index (χ0v) is 19.5. The Morgan fingerprint density at radius 3 is 2.66 bits per heavy atom. The van der Waals surface area contributed by atoms with Crippen LogP contribution >= 0.6 is 23.4 Å². The van der Waals surface area contributed by atoms with Gasteiger partial charge in [0, 0.05) is 11.6 Å². The van der Waals surface area contributed by atoms with Gasteiger partial charge in [-0.3, -0.25) is 14.8 Å². The first-order valence-corrected chi connectivity index (χ1v) is 10.7. The largest absolute Gasteiger partial charge is 0.496 e. The van der Waals surface area contributed by atoms with E-state index in [9.17, 15) is 27.2 Å². The summed E-state index contributed by atoms with van der Waals surface area (Å²) in [6.45, 7) is -0.334. The number of carbonyl (C=O) groups excluding carboxylic acids is 2. The lowest BCUT2D eigenvalue weighted by atomic mass is 10.1. The van der Waals surface area contributed by atoms with E-state index in [1.165, 1.54) is 32.6 Å². The van der Waals surface area contributed by atoms with E-state index in [1.54, 1.807) is 6.07 Å². The molecule has 0 spiro atoms. The monoisotopic (exact) mass is 533 g/mol. The zero-order chi connectivity index (χ0) is 25.7. The Hall–Kier alpha value is -3.39. The number of amides is 1. The second kappa shape index (κ2) is 11.4. The van der Waals surface area contributed by atoms with E-state index in [2.05, 4.69) is 25.4 Å². The topological polar surface area (TPSA) is 107 Å². The van der Waals surface area contributed by atoms with Crippen LogP contribution in [0.4, 0.5) is 17.6 Å². The molecule has 0 saturated carbocycles. The first-order valence-electron chi connectivity index (χ1n) is 9.53. The van der Waals surface area contributed by atoms with E-state index < -0.39 is 41.1 Å². The standard InChI is InChI=1S/C20H16ClF4N5O4S/c1-33-11-4-3-9(7-26-28-20-27-19(32)12(35-20)6-13(31)34-2)5-10(11)8-30-16(18(24)25)14(21)15(29-30)17(22)23/h3-7,17-18H,8H2,1-2H3,(H,27,28,32)/b12-6+,26-7?. The summed E-state index contributed by atoms with van der Waals surface area (Å²) in [5.41, 5.74) is -0.987. The maximum atomic E-state index is 13.5. The Balaban J connectivity index is 1.84. The molecule has 1 amide bonds. The Kier molecular flexibility index (Phi) is 8.51. The molecule has 0 bridgehead atoms. The molecule has 1 aromatic carbocycles. The molecule has 0 aliphatic carbocycles. The molecule has 1 saturated heterocycles. The van der Waals surface area contributed by atoms with Crippen molar-refractivity contribution in [2.75, 3.05) is 14.2 Å². The average molecular weight is 534 g/mol. The van der Waals surface area contributed by atoms with Gasteiger partial charge in [0.1, 0.15) is 17.1 Å². The van der Waals surface area contributed by atoms with Crippen LogP contribution in [0.2, 0.25) is 5.02 Å². The highest BCUT2D eigenvalue weighted by atomic mass is 35.5. The van der Waals surface area contributed by atoms with Gasteiger partial charge in [0.15, 0.2) is 5.17 Å². The van der Waals surface area contributed by atoms with Crippen molar-refractivity contribution in [3.63, 3.8) is 0 Å². The van der Waals surface area contributed by atoms with E-state index in [0.717, 1.165) is 17.8 Å². The molecule has 2 heterocycles. The number of hydrogen-bond acceptors (Lipinski definition) is 8. The Bertz CT molecular complexity index is 1230. The number of alkyl halides is 4. The van der Waals surface area contributed by atoms with Gasteiger partial charge >= 0.3 is 5.97 Å². The molecule has 186 valence electrons. The summed E-state index contributed by atoms with van der Waals surface area (Å²) in [4.78, 5) is 23.2. The van der Waals surface area contributed by atoms with Crippen molar-refractivity contribution in [2.45, 2.75) is 19.4 Å². The van der Waals surface area contributed by atoms with Crippen molar-refractivity contribution in [3.05, 3.63) is 56.7 Å². The number of thioether (sulfide) groups is 1. The summed E-state index contributed by atoms with van der Waals surface area (Å²) < 4.78 is 63.6. The lowest BCUT2D eigenvalue weighted by Gasteiger charge is -2.12. The quantitative estimate of drug-likeness (QED) is 0.180. The Labute approximate surface area is 204 Å². The summed E-state index contributed by atoms with van der Waals surface area (Å²) in [5.74, 6) is -0.959. The summed E-state index contributed by atoms with van der Waals surface area (Å²) >= 11 is 6.58. The van der Waals surface area contributed by atoms with Crippen LogP contribution in [0.3, 0.4) is 0 Å². The first kappa shape index (κ1) is 26.2. The van der Waals surface area contributed by atoms with E-state index in [-0.39, 0.29) is 22.4 Å². The van der Waals surface area contributed by atoms with Gasteiger partial charge in [-0.05, 0) is 35.5 Å². The number of rotatable bonds is 8. The molecular formula is C20H16ClF4N5O4S. The van der Waals surface area contributed by atoms with Gasteiger partial charge in [-0.15, -0.1) is 5.10 Å². The third-order valence-electron chi connectivity index (χ3n) is 4.45. The minimum atomic E-state index is -3.13. The highest BCUT2D eigenvalue weighted by Crippen LogP contribution is 2.35. The highest BCUT2D eigenvalue weighted by Gasteiger charge is 2.28. The Morgan fingerprint density at radius 1 is 1.29 bits per heavy atom. The van der Waals surface area contributed by atoms with Crippen LogP contribution in [0.25, 0.3) is 0 Å². The molecule has 2 aromatic rings. The maximum absolute atomic E-state index is 13.5. The van der Waals surface area contributed by atoms with Gasteiger partial charge in [0.2, 0.25) is 0 Å². The molecule has 1 aliphatic heterocycles. The van der Waals surface area contributed by atoms with E-state index in [0.29, 0.717) is 15.8 Å². The lowest BCUT2D eigenvalue weighted by molar-refractivity contribution is -0.135. The van der Waals surface area contributed by atoms with Gasteiger partial charge in [-0.1, -0.05) is 11.6 Å². The van der Waals surface area contributed by atoms with Gasteiger partial charge in [-0.25, -0.2) is 22.4 Å². The minimum Gasteiger partial charge on any atom is -0.496 e. The Morgan fingerprint density at radius 2 is 2.03 bits per heavy atom. The number of amidine groups is 1. The van der Waals surface area contributed by atoms with Crippen molar-refractivity contribution in [1.82, 2.24) is 15.1 Å². The predicted octanol–water partition coefficient (Wildman–Crippen LogP) is 4.08. The number of nitrogens with zero attached hydrogens (tertiary/aromatic N) is 4. The summed E-state index contributed by atoms with van der Waals surface area (Å²) in [7, 11) is 2.53. The molecule has 0 unspecified atom stereocenters. The molecular weight excluding hydrogens is 518 g/mol. The molecule has 0 atom stereocenters. The summed E-state index contributed by atoms with van der Waals surface area (Å²) in [6.07, 6.45) is -3.94.